The van der Waals surface area contributed by atoms with Crippen LogP contribution in [0.1, 0.15) is 32.6 Å². The van der Waals surface area contributed by atoms with Gasteiger partial charge in [0.15, 0.2) is 0 Å². The van der Waals surface area contributed by atoms with Crippen molar-refractivity contribution in [2.24, 2.45) is 5.92 Å². The second-order valence-corrected chi connectivity index (χ2v) is 6.44. The first-order valence-electron chi connectivity index (χ1n) is 5.67. The molecule has 0 aromatic rings. The van der Waals surface area contributed by atoms with Crippen molar-refractivity contribution in [2.75, 3.05) is 6.26 Å². The highest BCUT2D eigenvalue weighted by molar-refractivity contribution is 7.88. The molecule has 0 bridgehead atoms. The van der Waals surface area contributed by atoms with Crippen LogP contribution in [0.25, 0.3) is 0 Å². The molecule has 0 aliphatic heterocycles. The Kier molecular flexibility index (Phi) is 4.70. The quantitative estimate of drug-likeness (QED) is 0.743. The van der Waals surface area contributed by atoms with E-state index in [1.807, 2.05) is 0 Å². The summed E-state index contributed by atoms with van der Waals surface area (Å²) < 4.78 is 24.7. The molecule has 0 atom stereocenters. The van der Waals surface area contributed by atoms with E-state index < -0.39 is 16.0 Å². The molecule has 0 saturated heterocycles. The SMILES string of the molecule is CC(=CC1CCC(NS(C)(=O)=O)CC1)C(=O)O. The van der Waals surface area contributed by atoms with Gasteiger partial charge in [0.2, 0.25) is 10.0 Å². The number of hydrogen-bond donors (Lipinski definition) is 2. The minimum atomic E-state index is -3.14. The van der Waals surface area contributed by atoms with Gasteiger partial charge in [-0.2, -0.15) is 0 Å². The standard InChI is InChI=1S/C11H19NO4S/c1-8(11(13)14)7-9-3-5-10(6-4-9)12-17(2,15)16/h7,9-10,12H,3-6H2,1-2H3,(H,13,14). The lowest BCUT2D eigenvalue weighted by molar-refractivity contribution is -0.132. The van der Waals surface area contributed by atoms with Crippen LogP contribution < -0.4 is 4.72 Å². The predicted octanol–water partition coefficient (Wildman–Crippen LogP) is 1.13. The number of allylic oxidation sites excluding steroid dienone is 1. The third-order valence-corrected chi connectivity index (χ3v) is 3.74. The van der Waals surface area contributed by atoms with Crippen LogP contribution in [0.3, 0.4) is 0 Å². The predicted molar refractivity (Wildman–Crippen MR) is 65.1 cm³/mol. The Morgan fingerprint density at radius 2 is 1.82 bits per heavy atom. The first kappa shape index (κ1) is 14.2. The van der Waals surface area contributed by atoms with Gasteiger partial charge in [-0.15, -0.1) is 0 Å². The first-order valence-corrected chi connectivity index (χ1v) is 7.56. The Labute approximate surface area is 102 Å². The number of aliphatic carboxylic acids is 1. The largest absolute Gasteiger partial charge is 0.478 e. The summed E-state index contributed by atoms with van der Waals surface area (Å²) in [6.07, 6.45) is 6.13. The zero-order chi connectivity index (χ0) is 13.1. The van der Waals surface area contributed by atoms with Crippen molar-refractivity contribution in [1.82, 2.24) is 4.72 Å². The van der Waals surface area contributed by atoms with Crippen molar-refractivity contribution in [3.05, 3.63) is 11.6 Å². The lowest BCUT2D eigenvalue weighted by atomic mass is 9.85. The fraction of sp³-hybridized carbons (Fsp3) is 0.727. The zero-order valence-corrected chi connectivity index (χ0v) is 11.0. The van der Waals surface area contributed by atoms with Gasteiger partial charge in [-0.1, -0.05) is 6.08 Å². The Balaban J connectivity index is 2.46. The molecule has 1 rings (SSSR count). The maximum absolute atomic E-state index is 11.0. The molecule has 6 heteroatoms. The smallest absolute Gasteiger partial charge is 0.330 e. The van der Waals surface area contributed by atoms with E-state index in [4.69, 9.17) is 5.11 Å². The van der Waals surface area contributed by atoms with Gasteiger partial charge in [-0.25, -0.2) is 17.9 Å². The van der Waals surface area contributed by atoms with Crippen LogP contribution in [-0.2, 0) is 14.8 Å². The topological polar surface area (TPSA) is 83.5 Å². The van der Waals surface area contributed by atoms with Gasteiger partial charge in [0.1, 0.15) is 0 Å². The molecule has 1 aliphatic rings. The van der Waals surface area contributed by atoms with Gasteiger partial charge in [0.05, 0.1) is 6.26 Å². The molecule has 0 amide bonds. The summed E-state index contributed by atoms with van der Waals surface area (Å²) >= 11 is 0. The van der Waals surface area contributed by atoms with Crippen LogP contribution in [0.15, 0.2) is 11.6 Å². The van der Waals surface area contributed by atoms with E-state index in [-0.39, 0.29) is 12.0 Å². The average molecular weight is 261 g/mol. The molecule has 0 radical (unpaired) electrons. The zero-order valence-electron chi connectivity index (χ0n) is 10.1. The van der Waals surface area contributed by atoms with Gasteiger partial charge in [0, 0.05) is 11.6 Å². The van der Waals surface area contributed by atoms with Gasteiger partial charge < -0.3 is 5.11 Å². The van der Waals surface area contributed by atoms with E-state index in [0.29, 0.717) is 5.57 Å². The van der Waals surface area contributed by atoms with Crippen LogP contribution in [-0.4, -0.2) is 31.8 Å². The second kappa shape index (κ2) is 5.64. The number of nitrogens with one attached hydrogen (secondary N) is 1. The number of rotatable bonds is 4. The molecular formula is C11H19NO4S. The molecule has 0 aromatic heterocycles. The highest BCUT2D eigenvalue weighted by Gasteiger charge is 2.22. The van der Waals surface area contributed by atoms with Crippen LogP contribution >= 0.6 is 0 Å². The Hall–Kier alpha value is -0.880. The van der Waals surface area contributed by atoms with Crippen LogP contribution in [0.4, 0.5) is 0 Å². The van der Waals surface area contributed by atoms with Crippen LogP contribution in [0.5, 0.6) is 0 Å². The molecule has 98 valence electrons. The van der Waals surface area contributed by atoms with E-state index in [2.05, 4.69) is 4.72 Å². The minimum Gasteiger partial charge on any atom is -0.478 e. The van der Waals surface area contributed by atoms with Crippen molar-refractivity contribution in [3.63, 3.8) is 0 Å². The molecule has 1 saturated carbocycles. The fourth-order valence-electron chi connectivity index (χ4n) is 2.13. The lowest BCUT2D eigenvalue weighted by Gasteiger charge is -2.26. The second-order valence-electron chi connectivity index (χ2n) is 4.66. The van der Waals surface area contributed by atoms with Crippen LogP contribution in [0, 0.1) is 5.92 Å². The van der Waals surface area contributed by atoms with Crippen molar-refractivity contribution >= 4 is 16.0 Å². The molecule has 2 N–H and O–H groups in total. The summed E-state index contributed by atoms with van der Waals surface area (Å²) in [5.74, 6) is -0.634. The normalized spacial score (nSPS) is 26.8. The Bertz CT molecular complexity index is 405. The maximum atomic E-state index is 11.0. The molecule has 1 aliphatic carbocycles. The number of carboxylic acid groups (broad SMARTS) is 1. The van der Waals surface area contributed by atoms with Crippen molar-refractivity contribution in [2.45, 2.75) is 38.6 Å². The fourth-order valence-corrected chi connectivity index (χ4v) is 2.97. The van der Waals surface area contributed by atoms with Gasteiger partial charge in [-0.3, -0.25) is 0 Å². The summed E-state index contributed by atoms with van der Waals surface area (Å²) in [4.78, 5) is 10.7. The third kappa shape index (κ3) is 5.32. The molecule has 0 spiro atoms. The summed E-state index contributed by atoms with van der Waals surface area (Å²) in [6, 6.07) is -0.000200. The number of sulfonamides is 1. The molecule has 17 heavy (non-hydrogen) atoms. The van der Waals surface area contributed by atoms with Crippen LogP contribution in [0.2, 0.25) is 0 Å². The van der Waals surface area contributed by atoms with E-state index >= 15 is 0 Å². The Morgan fingerprint density at radius 1 is 1.29 bits per heavy atom. The molecular weight excluding hydrogens is 242 g/mol. The summed E-state index contributed by atoms with van der Waals surface area (Å²) in [5.41, 5.74) is 0.365. The molecule has 0 heterocycles. The molecule has 5 nitrogen and oxygen atoms in total. The molecule has 0 aromatic carbocycles. The minimum absolute atomic E-state index is 0.000200. The first-order chi connectivity index (χ1) is 7.78. The summed E-state index contributed by atoms with van der Waals surface area (Å²) in [6.45, 7) is 1.59. The Morgan fingerprint density at radius 3 is 2.24 bits per heavy atom. The highest BCUT2D eigenvalue weighted by Crippen LogP contribution is 2.26. The van der Waals surface area contributed by atoms with E-state index in [9.17, 15) is 13.2 Å². The van der Waals surface area contributed by atoms with E-state index in [0.717, 1.165) is 31.9 Å². The van der Waals surface area contributed by atoms with Gasteiger partial charge in [-0.05, 0) is 38.5 Å². The molecule has 1 fully saturated rings. The maximum Gasteiger partial charge on any atom is 0.330 e. The van der Waals surface area contributed by atoms with Gasteiger partial charge >= 0.3 is 5.97 Å². The summed E-state index contributed by atoms with van der Waals surface area (Å²) in [7, 11) is -3.14. The highest BCUT2D eigenvalue weighted by atomic mass is 32.2. The number of hydrogen-bond acceptors (Lipinski definition) is 3. The molecule has 0 unspecified atom stereocenters. The monoisotopic (exact) mass is 261 g/mol. The number of carbonyl (C=O) groups is 1. The van der Waals surface area contributed by atoms with Crippen molar-refractivity contribution < 1.29 is 18.3 Å². The van der Waals surface area contributed by atoms with Crippen molar-refractivity contribution in [1.29, 1.82) is 0 Å². The summed E-state index contributed by atoms with van der Waals surface area (Å²) in [5, 5.41) is 8.76. The third-order valence-electron chi connectivity index (χ3n) is 2.98. The number of carboxylic acids is 1. The average Bonchev–Trinajstić information content (AvgIpc) is 2.18. The van der Waals surface area contributed by atoms with Crippen molar-refractivity contribution in [3.8, 4) is 0 Å². The van der Waals surface area contributed by atoms with Gasteiger partial charge in [0.25, 0.3) is 0 Å². The lowest BCUT2D eigenvalue weighted by Crippen LogP contribution is -2.36. The van der Waals surface area contributed by atoms with E-state index in [1.54, 1.807) is 13.0 Å². The van der Waals surface area contributed by atoms with E-state index in [1.165, 1.54) is 0 Å².